The summed E-state index contributed by atoms with van der Waals surface area (Å²) >= 11 is 0. The predicted octanol–water partition coefficient (Wildman–Crippen LogP) is 4.85. The lowest BCUT2D eigenvalue weighted by Gasteiger charge is -2.35. The van der Waals surface area contributed by atoms with Crippen LogP contribution in [-0.2, 0) is 0 Å². The van der Waals surface area contributed by atoms with Crippen LogP contribution in [0.1, 0.15) is 54.1 Å². The first kappa shape index (κ1) is 17.5. The van der Waals surface area contributed by atoms with Crippen molar-refractivity contribution in [1.29, 1.82) is 0 Å². The third-order valence-electron chi connectivity index (χ3n) is 5.01. The quantitative estimate of drug-likeness (QED) is 0.867. The number of carbonyl (C=O) groups is 1. The van der Waals surface area contributed by atoms with Gasteiger partial charge < -0.3 is 10.2 Å². The van der Waals surface area contributed by atoms with Gasteiger partial charge in [-0.2, -0.15) is 0 Å². The Morgan fingerprint density at radius 2 is 2.08 bits per heavy atom. The Kier molecular flexibility index (Phi) is 5.37. The number of pyridine rings is 1. The molecular formula is C21H27N3O. The predicted molar refractivity (Wildman–Crippen MR) is 102 cm³/mol. The number of hydrogen-bond donors (Lipinski definition) is 1. The first-order chi connectivity index (χ1) is 12.1. The van der Waals surface area contributed by atoms with E-state index < -0.39 is 0 Å². The molecule has 4 heteroatoms. The molecule has 2 heterocycles. The van der Waals surface area contributed by atoms with Crippen LogP contribution in [0.2, 0.25) is 0 Å². The van der Waals surface area contributed by atoms with Crippen LogP contribution in [0.3, 0.4) is 0 Å². The lowest BCUT2D eigenvalue weighted by Crippen LogP contribution is -2.43. The van der Waals surface area contributed by atoms with E-state index in [-0.39, 0.29) is 5.91 Å². The van der Waals surface area contributed by atoms with E-state index in [2.05, 4.69) is 49.3 Å². The Morgan fingerprint density at radius 3 is 2.84 bits per heavy atom. The number of carbonyl (C=O) groups excluding carboxylic acids is 1. The average molecular weight is 337 g/mol. The maximum Gasteiger partial charge on any atom is 0.255 e. The summed E-state index contributed by atoms with van der Waals surface area (Å²) in [5.74, 6) is 0.100. The SMILES string of the molecule is CCC1CCCCN1C(=O)c1cncc(Nc2ccc(C)cc2C)c1. The zero-order valence-corrected chi connectivity index (χ0v) is 15.4. The molecule has 132 valence electrons. The van der Waals surface area contributed by atoms with Crippen molar-refractivity contribution in [3.05, 3.63) is 53.3 Å². The number of likely N-dealkylation sites (tertiary alicyclic amines) is 1. The number of benzene rings is 1. The lowest BCUT2D eigenvalue weighted by atomic mass is 9.99. The van der Waals surface area contributed by atoms with E-state index in [4.69, 9.17) is 0 Å². The van der Waals surface area contributed by atoms with Crippen molar-refractivity contribution >= 4 is 17.3 Å². The van der Waals surface area contributed by atoms with E-state index >= 15 is 0 Å². The molecule has 4 nitrogen and oxygen atoms in total. The minimum atomic E-state index is 0.100. The van der Waals surface area contributed by atoms with Gasteiger partial charge in [0.1, 0.15) is 0 Å². The second-order valence-electron chi connectivity index (χ2n) is 6.96. The van der Waals surface area contributed by atoms with Gasteiger partial charge in [-0.25, -0.2) is 0 Å². The molecule has 25 heavy (non-hydrogen) atoms. The molecule has 0 saturated carbocycles. The summed E-state index contributed by atoms with van der Waals surface area (Å²) in [6.45, 7) is 7.18. The van der Waals surface area contributed by atoms with Crippen molar-refractivity contribution < 1.29 is 4.79 Å². The number of anilines is 2. The van der Waals surface area contributed by atoms with Gasteiger partial charge in [0, 0.05) is 24.5 Å². The second kappa shape index (κ2) is 7.68. The number of hydrogen-bond acceptors (Lipinski definition) is 3. The van der Waals surface area contributed by atoms with Gasteiger partial charge in [0.2, 0.25) is 0 Å². The summed E-state index contributed by atoms with van der Waals surface area (Å²) < 4.78 is 0. The number of amides is 1. The van der Waals surface area contributed by atoms with Crippen LogP contribution >= 0.6 is 0 Å². The molecule has 0 bridgehead atoms. The molecule has 1 aromatic heterocycles. The Morgan fingerprint density at radius 1 is 1.24 bits per heavy atom. The maximum atomic E-state index is 12.9. The van der Waals surface area contributed by atoms with Gasteiger partial charge >= 0.3 is 0 Å². The molecule has 1 fully saturated rings. The largest absolute Gasteiger partial charge is 0.354 e. The molecule has 1 aromatic carbocycles. The molecule has 0 radical (unpaired) electrons. The molecule has 1 aliphatic heterocycles. The molecule has 3 rings (SSSR count). The highest BCUT2D eigenvalue weighted by Crippen LogP contribution is 2.24. The fraction of sp³-hybridized carbons (Fsp3) is 0.429. The van der Waals surface area contributed by atoms with E-state index in [1.54, 1.807) is 12.4 Å². The van der Waals surface area contributed by atoms with Crippen LogP contribution in [0, 0.1) is 13.8 Å². The van der Waals surface area contributed by atoms with E-state index in [9.17, 15) is 4.79 Å². The van der Waals surface area contributed by atoms with Crippen molar-refractivity contribution in [1.82, 2.24) is 9.88 Å². The summed E-state index contributed by atoms with van der Waals surface area (Å²) in [6.07, 6.45) is 7.88. The van der Waals surface area contributed by atoms with Crippen molar-refractivity contribution in [2.24, 2.45) is 0 Å². The molecule has 1 amide bonds. The van der Waals surface area contributed by atoms with Gasteiger partial charge in [0.05, 0.1) is 17.4 Å². The van der Waals surface area contributed by atoms with Gasteiger partial charge in [-0.15, -0.1) is 0 Å². The third kappa shape index (κ3) is 4.01. The highest BCUT2D eigenvalue weighted by atomic mass is 16.2. The highest BCUT2D eigenvalue weighted by molar-refractivity contribution is 5.95. The summed E-state index contributed by atoms with van der Waals surface area (Å²) in [6, 6.07) is 8.56. The van der Waals surface area contributed by atoms with Gasteiger partial charge in [-0.05, 0) is 57.2 Å². The third-order valence-corrected chi connectivity index (χ3v) is 5.01. The average Bonchev–Trinajstić information content (AvgIpc) is 2.63. The molecule has 1 saturated heterocycles. The number of nitrogens with one attached hydrogen (secondary N) is 1. The van der Waals surface area contributed by atoms with E-state index in [0.717, 1.165) is 37.2 Å². The Labute approximate surface area is 150 Å². The number of piperidine rings is 1. The summed E-state index contributed by atoms with van der Waals surface area (Å²) in [5, 5.41) is 3.39. The lowest BCUT2D eigenvalue weighted by molar-refractivity contribution is 0.0607. The molecule has 0 spiro atoms. The van der Waals surface area contributed by atoms with Crippen LogP contribution in [0.5, 0.6) is 0 Å². The van der Waals surface area contributed by atoms with E-state index in [0.29, 0.717) is 11.6 Å². The van der Waals surface area contributed by atoms with Gasteiger partial charge in [0.15, 0.2) is 0 Å². The van der Waals surface area contributed by atoms with Crippen LogP contribution < -0.4 is 5.32 Å². The fourth-order valence-electron chi connectivity index (χ4n) is 3.59. The Balaban J connectivity index is 1.80. The molecule has 0 aliphatic carbocycles. The molecule has 1 atom stereocenters. The minimum Gasteiger partial charge on any atom is -0.354 e. The molecule has 2 aromatic rings. The number of nitrogens with zero attached hydrogens (tertiary/aromatic N) is 2. The summed E-state index contributed by atoms with van der Waals surface area (Å²) in [7, 11) is 0. The minimum absolute atomic E-state index is 0.100. The van der Waals surface area contributed by atoms with E-state index in [1.807, 2.05) is 11.0 Å². The Bertz CT molecular complexity index is 757. The van der Waals surface area contributed by atoms with Gasteiger partial charge in [-0.1, -0.05) is 24.6 Å². The number of aromatic nitrogens is 1. The zero-order valence-electron chi connectivity index (χ0n) is 15.4. The van der Waals surface area contributed by atoms with Crippen LogP contribution in [0.4, 0.5) is 11.4 Å². The molecule has 1 N–H and O–H groups in total. The molecule has 1 unspecified atom stereocenters. The molecular weight excluding hydrogens is 310 g/mol. The number of rotatable bonds is 4. The monoisotopic (exact) mass is 337 g/mol. The standard InChI is InChI=1S/C21H27N3O/c1-4-19-7-5-6-10-24(19)21(25)17-12-18(14-22-13-17)23-20-9-8-15(2)11-16(20)3/h8-9,11-14,19,23H,4-7,10H2,1-3H3. The zero-order chi connectivity index (χ0) is 17.8. The van der Waals surface area contributed by atoms with Gasteiger partial charge in [-0.3, -0.25) is 9.78 Å². The smallest absolute Gasteiger partial charge is 0.255 e. The van der Waals surface area contributed by atoms with Crippen molar-refractivity contribution in [2.75, 3.05) is 11.9 Å². The highest BCUT2D eigenvalue weighted by Gasteiger charge is 2.26. The summed E-state index contributed by atoms with van der Waals surface area (Å²) in [5.41, 5.74) is 4.97. The normalized spacial score (nSPS) is 17.4. The first-order valence-corrected chi connectivity index (χ1v) is 9.18. The Hall–Kier alpha value is -2.36. The maximum absolute atomic E-state index is 12.9. The molecule has 1 aliphatic rings. The van der Waals surface area contributed by atoms with Crippen LogP contribution in [-0.4, -0.2) is 28.4 Å². The van der Waals surface area contributed by atoms with Crippen LogP contribution in [0.25, 0.3) is 0 Å². The second-order valence-corrected chi connectivity index (χ2v) is 6.96. The van der Waals surface area contributed by atoms with E-state index in [1.165, 1.54) is 17.5 Å². The van der Waals surface area contributed by atoms with Crippen molar-refractivity contribution in [3.8, 4) is 0 Å². The first-order valence-electron chi connectivity index (χ1n) is 9.18. The topological polar surface area (TPSA) is 45.2 Å². The van der Waals surface area contributed by atoms with Crippen molar-refractivity contribution in [2.45, 2.75) is 52.5 Å². The van der Waals surface area contributed by atoms with Gasteiger partial charge in [0.25, 0.3) is 5.91 Å². The van der Waals surface area contributed by atoms with Crippen molar-refractivity contribution in [3.63, 3.8) is 0 Å². The van der Waals surface area contributed by atoms with Crippen LogP contribution in [0.15, 0.2) is 36.7 Å². The fourth-order valence-corrected chi connectivity index (χ4v) is 3.59. The summed E-state index contributed by atoms with van der Waals surface area (Å²) in [4.78, 5) is 19.3. The number of aryl methyl sites for hydroxylation is 2.